The Bertz CT molecular complexity index is 1180. The van der Waals surface area contributed by atoms with Crippen LogP contribution < -0.4 is 16.6 Å². The lowest BCUT2D eigenvalue weighted by Crippen LogP contribution is -2.42. The van der Waals surface area contributed by atoms with Crippen molar-refractivity contribution >= 4 is 34.8 Å². The van der Waals surface area contributed by atoms with Gasteiger partial charge in [-0.25, -0.2) is 4.79 Å². The van der Waals surface area contributed by atoms with E-state index < -0.39 is 30.3 Å². The number of aryl methyl sites for hydroxylation is 2. The molecule has 0 aliphatic heterocycles. The zero-order valence-corrected chi connectivity index (χ0v) is 16.3. The number of nitrogens with one attached hydrogen (secondary N) is 3. The molecule has 0 bridgehead atoms. The lowest BCUT2D eigenvalue weighted by atomic mass is 10.0. The molecule has 7 N–H and O–H groups in total. The van der Waals surface area contributed by atoms with E-state index in [4.69, 9.17) is 15.9 Å². The number of rotatable bonds is 9. The number of amides is 1. The highest BCUT2D eigenvalue weighted by atomic mass is 16.4. The molecule has 3 aromatic rings. The quantitative estimate of drug-likeness (QED) is 0.287. The third kappa shape index (κ3) is 5.47. The smallest absolute Gasteiger partial charge is 0.326 e. The van der Waals surface area contributed by atoms with Crippen LogP contribution in [0.5, 0.6) is 0 Å². The van der Waals surface area contributed by atoms with Gasteiger partial charge in [0.05, 0.1) is 11.8 Å². The third-order valence-electron chi connectivity index (χ3n) is 4.68. The Morgan fingerprint density at radius 1 is 1.10 bits per heavy atom. The average Bonchev–Trinajstić information content (AvgIpc) is 3.10. The number of benzene rings is 1. The van der Waals surface area contributed by atoms with Crippen LogP contribution in [0.1, 0.15) is 34.5 Å². The van der Waals surface area contributed by atoms with Crippen molar-refractivity contribution < 1.29 is 24.6 Å². The van der Waals surface area contributed by atoms with E-state index in [1.807, 2.05) is 0 Å². The summed E-state index contributed by atoms with van der Waals surface area (Å²) in [6, 6.07) is 6.85. The lowest BCUT2D eigenvalue weighted by Gasteiger charge is -2.12. The van der Waals surface area contributed by atoms with Crippen molar-refractivity contribution in [1.82, 2.24) is 20.3 Å². The van der Waals surface area contributed by atoms with Crippen LogP contribution in [0.25, 0.3) is 11.0 Å². The zero-order chi connectivity index (χ0) is 22.5. The summed E-state index contributed by atoms with van der Waals surface area (Å²) in [4.78, 5) is 55.4. The number of nitrogens with two attached hydrogens (primary N) is 1. The Balaban J connectivity index is 1.56. The van der Waals surface area contributed by atoms with Gasteiger partial charge in [0.25, 0.3) is 11.5 Å². The zero-order valence-electron chi connectivity index (χ0n) is 16.3. The molecule has 0 aliphatic rings. The molecule has 1 amide bonds. The second kappa shape index (κ2) is 9.11. The van der Waals surface area contributed by atoms with Gasteiger partial charge >= 0.3 is 11.9 Å². The fourth-order valence-corrected chi connectivity index (χ4v) is 3.15. The van der Waals surface area contributed by atoms with Crippen LogP contribution in [0.4, 0.5) is 5.95 Å². The van der Waals surface area contributed by atoms with Crippen LogP contribution in [-0.2, 0) is 22.4 Å². The van der Waals surface area contributed by atoms with Crippen molar-refractivity contribution in [2.24, 2.45) is 0 Å². The molecule has 1 unspecified atom stereocenters. The Labute approximate surface area is 175 Å². The fraction of sp³-hybridized carbons (Fsp3) is 0.250. The summed E-state index contributed by atoms with van der Waals surface area (Å²) >= 11 is 0. The summed E-state index contributed by atoms with van der Waals surface area (Å²) in [5.74, 6) is -3.34. The minimum absolute atomic E-state index is 0.0488. The van der Waals surface area contributed by atoms with Crippen molar-refractivity contribution in [3.63, 3.8) is 0 Å². The van der Waals surface area contributed by atoms with E-state index in [-0.39, 0.29) is 17.1 Å². The van der Waals surface area contributed by atoms with Crippen molar-refractivity contribution in [2.75, 3.05) is 5.73 Å². The molecule has 2 heterocycles. The standard InChI is InChI=1S/C20H21N5O6/c21-20-24-16-13(18(29)25-20)8-12(22-16)3-1-2-10-4-6-11(7-5-10)17(28)23-14(19(30)31)9-15(26)27/h4-8,14H,1-3,9H2,(H,23,28)(H,26,27)(H,30,31)(H4,21,22,24,25,29). The lowest BCUT2D eigenvalue weighted by molar-refractivity contribution is -0.145. The van der Waals surface area contributed by atoms with Gasteiger partial charge in [-0.3, -0.25) is 19.4 Å². The monoisotopic (exact) mass is 427 g/mol. The van der Waals surface area contributed by atoms with Gasteiger partial charge in [0.2, 0.25) is 5.95 Å². The number of anilines is 1. The van der Waals surface area contributed by atoms with E-state index >= 15 is 0 Å². The maximum Gasteiger partial charge on any atom is 0.326 e. The van der Waals surface area contributed by atoms with Gasteiger partial charge in [0.15, 0.2) is 0 Å². The Morgan fingerprint density at radius 2 is 1.81 bits per heavy atom. The molecule has 0 saturated carbocycles. The van der Waals surface area contributed by atoms with Gasteiger partial charge in [-0.2, -0.15) is 4.98 Å². The van der Waals surface area contributed by atoms with Gasteiger partial charge < -0.3 is 26.2 Å². The molecular formula is C20H21N5O6. The molecule has 0 radical (unpaired) electrons. The first-order valence-electron chi connectivity index (χ1n) is 9.44. The molecule has 162 valence electrons. The van der Waals surface area contributed by atoms with E-state index in [9.17, 15) is 19.2 Å². The van der Waals surface area contributed by atoms with Crippen molar-refractivity contribution in [3.05, 3.63) is 57.5 Å². The van der Waals surface area contributed by atoms with Crippen molar-refractivity contribution in [1.29, 1.82) is 0 Å². The van der Waals surface area contributed by atoms with Crippen LogP contribution >= 0.6 is 0 Å². The summed E-state index contributed by atoms with van der Waals surface area (Å²) in [5.41, 5.74) is 7.73. The normalized spacial score (nSPS) is 11.9. The molecule has 1 atom stereocenters. The highest BCUT2D eigenvalue weighted by molar-refractivity contribution is 5.97. The van der Waals surface area contributed by atoms with Gasteiger partial charge in [-0.05, 0) is 43.0 Å². The van der Waals surface area contributed by atoms with E-state index in [1.54, 1.807) is 30.3 Å². The molecule has 11 nitrogen and oxygen atoms in total. The Kier molecular flexibility index (Phi) is 6.34. The second-order valence-electron chi connectivity index (χ2n) is 7.02. The molecule has 0 fully saturated rings. The molecule has 11 heteroatoms. The number of carboxylic acids is 2. The molecule has 31 heavy (non-hydrogen) atoms. The number of carbonyl (C=O) groups excluding carboxylic acids is 1. The van der Waals surface area contributed by atoms with E-state index in [0.29, 0.717) is 23.9 Å². The Morgan fingerprint density at radius 3 is 2.45 bits per heavy atom. The van der Waals surface area contributed by atoms with Crippen molar-refractivity contribution in [2.45, 2.75) is 31.7 Å². The van der Waals surface area contributed by atoms with Gasteiger partial charge in [-0.1, -0.05) is 12.1 Å². The van der Waals surface area contributed by atoms with Crippen LogP contribution in [0.3, 0.4) is 0 Å². The number of hydrogen-bond acceptors (Lipinski definition) is 6. The minimum Gasteiger partial charge on any atom is -0.481 e. The molecule has 2 aromatic heterocycles. The molecule has 3 rings (SSSR count). The molecule has 1 aromatic carbocycles. The van der Waals surface area contributed by atoms with Crippen molar-refractivity contribution in [3.8, 4) is 0 Å². The predicted molar refractivity (Wildman–Crippen MR) is 111 cm³/mol. The third-order valence-corrected chi connectivity index (χ3v) is 4.68. The average molecular weight is 427 g/mol. The van der Waals surface area contributed by atoms with Crippen LogP contribution in [-0.4, -0.2) is 49.1 Å². The van der Waals surface area contributed by atoms with Gasteiger partial charge in [0, 0.05) is 11.3 Å². The fourth-order valence-electron chi connectivity index (χ4n) is 3.15. The molecular weight excluding hydrogens is 406 g/mol. The van der Waals surface area contributed by atoms with Crippen LogP contribution in [0.15, 0.2) is 35.1 Å². The highest BCUT2D eigenvalue weighted by Crippen LogP contribution is 2.14. The number of carbonyl (C=O) groups is 3. The molecule has 0 saturated heterocycles. The summed E-state index contributed by atoms with van der Waals surface area (Å²) in [6.45, 7) is 0. The van der Waals surface area contributed by atoms with Crippen LogP contribution in [0, 0.1) is 0 Å². The maximum absolute atomic E-state index is 12.2. The van der Waals surface area contributed by atoms with Gasteiger partial charge in [-0.15, -0.1) is 0 Å². The van der Waals surface area contributed by atoms with Gasteiger partial charge in [0.1, 0.15) is 11.7 Å². The number of H-pyrrole nitrogens is 2. The summed E-state index contributed by atoms with van der Waals surface area (Å²) in [5, 5.41) is 20.4. The first-order valence-corrected chi connectivity index (χ1v) is 9.44. The Hall–Kier alpha value is -4.15. The largest absolute Gasteiger partial charge is 0.481 e. The SMILES string of the molecule is Nc1nc2[nH]c(CCCc3ccc(C(=O)NC(CC(=O)O)C(=O)O)cc3)cc2c(=O)[nH]1. The first kappa shape index (κ1) is 21.6. The predicted octanol–water partition coefficient (Wildman–Crippen LogP) is 0.666. The number of hydrogen-bond donors (Lipinski definition) is 6. The maximum atomic E-state index is 12.2. The number of fused-ring (bicyclic) bond motifs is 1. The van der Waals surface area contributed by atoms with Crippen LogP contribution in [0.2, 0.25) is 0 Å². The summed E-state index contributed by atoms with van der Waals surface area (Å²) in [6.07, 6.45) is 1.44. The highest BCUT2D eigenvalue weighted by Gasteiger charge is 2.23. The number of carboxylic acid groups (broad SMARTS) is 2. The van der Waals surface area contributed by atoms with E-state index in [0.717, 1.165) is 17.7 Å². The second-order valence-corrected chi connectivity index (χ2v) is 7.02. The molecule has 0 aliphatic carbocycles. The summed E-state index contributed by atoms with van der Waals surface area (Å²) in [7, 11) is 0. The first-order chi connectivity index (χ1) is 14.7. The topological polar surface area (TPSA) is 191 Å². The minimum atomic E-state index is -1.50. The number of nitrogen functional groups attached to an aromatic ring is 1. The molecule has 0 spiro atoms. The summed E-state index contributed by atoms with van der Waals surface area (Å²) < 4.78 is 0. The number of aliphatic carboxylic acids is 2. The number of aromatic amines is 2. The van der Waals surface area contributed by atoms with E-state index in [2.05, 4.69) is 20.3 Å². The number of aromatic nitrogens is 3. The van der Waals surface area contributed by atoms with E-state index in [1.165, 1.54) is 0 Å². The number of nitrogens with zero attached hydrogens (tertiary/aromatic N) is 1.